The van der Waals surface area contributed by atoms with Crippen LogP contribution < -0.4 is 4.90 Å². The van der Waals surface area contributed by atoms with Crippen LogP contribution in [-0.4, -0.2) is 23.9 Å². The number of amides is 2. The summed E-state index contributed by atoms with van der Waals surface area (Å²) in [6.07, 6.45) is -0.270. The van der Waals surface area contributed by atoms with E-state index in [2.05, 4.69) is 0 Å². The zero-order valence-electron chi connectivity index (χ0n) is 13.1. The molecule has 24 heavy (non-hydrogen) atoms. The molecule has 3 rings (SSSR count). The zero-order chi connectivity index (χ0) is 17.4. The predicted molar refractivity (Wildman–Crippen MR) is 89.6 cm³/mol. The van der Waals surface area contributed by atoms with E-state index in [1.54, 1.807) is 38.1 Å². The van der Waals surface area contributed by atoms with Crippen LogP contribution in [0.1, 0.15) is 44.9 Å². The monoisotopic (exact) mass is 343 g/mol. The average molecular weight is 344 g/mol. The molecule has 1 aliphatic heterocycles. The van der Waals surface area contributed by atoms with Gasteiger partial charge in [0.1, 0.15) is 0 Å². The highest BCUT2D eigenvalue weighted by Crippen LogP contribution is 2.30. The number of benzene rings is 2. The summed E-state index contributed by atoms with van der Waals surface area (Å²) >= 11 is 5.84. The molecular weight excluding hydrogens is 330 g/mol. The molecule has 2 aromatic rings. The molecule has 0 saturated carbocycles. The van der Waals surface area contributed by atoms with Crippen molar-refractivity contribution in [3.8, 4) is 0 Å². The molecule has 0 saturated heterocycles. The quantitative estimate of drug-likeness (QED) is 0.629. The van der Waals surface area contributed by atoms with E-state index in [9.17, 15) is 14.4 Å². The van der Waals surface area contributed by atoms with Gasteiger partial charge in [-0.3, -0.25) is 9.59 Å². The summed E-state index contributed by atoms with van der Waals surface area (Å²) < 4.78 is 5.12. The summed E-state index contributed by atoms with van der Waals surface area (Å²) in [6, 6.07) is 10.8. The molecule has 0 radical (unpaired) electrons. The minimum absolute atomic E-state index is 0.188. The smallest absolute Gasteiger partial charge is 0.338 e. The van der Waals surface area contributed by atoms with Crippen LogP contribution in [0.25, 0.3) is 0 Å². The molecule has 0 bridgehead atoms. The van der Waals surface area contributed by atoms with Crippen molar-refractivity contribution < 1.29 is 19.1 Å². The Morgan fingerprint density at radius 1 is 1.00 bits per heavy atom. The van der Waals surface area contributed by atoms with Gasteiger partial charge in [0.05, 0.1) is 28.5 Å². The maximum absolute atomic E-state index is 12.6. The van der Waals surface area contributed by atoms with Gasteiger partial charge in [-0.25, -0.2) is 9.69 Å². The number of fused-ring (bicyclic) bond motifs is 1. The van der Waals surface area contributed by atoms with Crippen LogP contribution in [0.15, 0.2) is 42.5 Å². The van der Waals surface area contributed by atoms with E-state index in [4.69, 9.17) is 16.3 Å². The summed E-state index contributed by atoms with van der Waals surface area (Å²) in [7, 11) is 0. The number of carbonyl (C=O) groups excluding carboxylic acids is 3. The van der Waals surface area contributed by atoms with Crippen LogP contribution in [0, 0.1) is 0 Å². The van der Waals surface area contributed by atoms with Gasteiger partial charge >= 0.3 is 5.97 Å². The number of esters is 1. The van der Waals surface area contributed by atoms with Crippen LogP contribution >= 0.6 is 11.6 Å². The first-order chi connectivity index (χ1) is 11.4. The molecule has 122 valence electrons. The van der Waals surface area contributed by atoms with Crippen LogP contribution in [0.3, 0.4) is 0 Å². The second-order valence-corrected chi connectivity index (χ2v) is 6.07. The highest BCUT2D eigenvalue weighted by molar-refractivity contribution is 6.35. The molecule has 0 spiro atoms. The summed E-state index contributed by atoms with van der Waals surface area (Å²) in [4.78, 5) is 38.2. The third-order valence-electron chi connectivity index (χ3n) is 3.55. The molecule has 0 fully saturated rings. The van der Waals surface area contributed by atoms with Crippen LogP contribution in [0.2, 0.25) is 5.02 Å². The number of halogens is 1. The van der Waals surface area contributed by atoms with Crippen molar-refractivity contribution in [3.05, 3.63) is 64.2 Å². The molecule has 5 nitrogen and oxygen atoms in total. The maximum atomic E-state index is 12.6. The Hall–Kier alpha value is -2.66. The largest absolute Gasteiger partial charge is 0.459 e. The Labute approximate surface area is 143 Å². The second-order valence-electron chi connectivity index (χ2n) is 5.64. The zero-order valence-corrected chi connectivity index (χ0v) is 13.8. The average Bonchev–Trinajstić information content (AvgIpc) is 2.79. The van der Waals surface area contributed by atoms with Crippen LogP contribution in [0.4, 0.5) is 5.69 Å². The molecule has 0 aromatic heterocycles. The SMILES string of the molecule is CC(C)OC(=O)c1ccc2c(c1)C(=O)N(c1ccc(Cl)cc1)C2=O. The normalized spacial score (nSPS) is 13.4. The molecule has 0 aliphatic carbocycles. The first-order valence-corrected chi connectivity index (χ1v) is 7.75. The molecule has 6 heteroatoms. The molecule has 2 amide bonds. The lowest BCUT2D eigenvalue weighted by Gasteiger charge is -2.13. The predicted octanol–water partition coefficient (Wildman–Crippen LogP) is 3.71. The highest BCUT2D eigenvalue weighted by atomic mass is 35.5. The van der Waals surface area contributed by atoms with Crippen molar-refractivity contribution in [3.63, 3.8) is 0 Å². The van der Waals surface area contributed by atoms with E-state index in [-0.39, 0.29) is 22.8 Å². The van der Waals surface area contributed by atoms with Gasteiger partial charge in [-0.15, -0.1) is 0 Å². The number of hydrogen-bond donors (Lipinski definition) is 0. The summed E-state index contributed by atoms with van der Waals surface area (Å²) in [5.74, 6) is -1.43. The van der Waals surface area contributed by atoms with E-state index < -0.39 is 17.8 Å². The van der Waals surface area contributed by atoms with E-state index >= 15 is 0 Å². The number of imide groups is 1. The third kappa shape index (κ3) is 2.78. The van der Waals surface area contributed by atoms with Crippen LogP contribution in [0.5, 0.6) is 0 Å². The second kappa shape index (κ2) is 6.09. The molecule has 1 heterocycles. The molecular formula is C18H14ClNO4. The molecule has 0 atom stereocenters. The lowest BCUT2D eigenvalue weighted by atomic mass is 10.1. The van der Waals surface area contributed by atoms with E-state index in [1.165, 1.54) is 18.2 Å². The number of hydrogen-bond acceptors (Lipinski definition) is 4. The Bertz CT molecular complexity index is 843. The van der Waals surface area contributed by atoms with E-state index in [1.807, 2.05) is 0 Å². The molecule has 0 N–H and O–H groups in total. The van der Waals surface area contributed by atoms with E-state index in [0.717, 1.165) is 4.90 Å². The van der Waals surface area contributed by atoms with Gasteiger partial charge in [-0.05, 0) is 56.3 Å². The fourth-order valence-electron chi connectivity index (χ4n) is 2.47. The fourth-order valence-corrected chi connectivity index (χ4v) is 2.60. The minimum atomic E-state index is -0.530. The summed E-state index contributed by atoms with van der Waals surface area (Å²) in [5, 5.41) is 0.508. The van der Waals surface area contributed by atoms with Crippen molar-refractivity contribution in [2.24, 2.45) is 0 Å². The van der Waals surface area contributed by atoms with Gasteiger partial charge < -0.3 is 4.74 Å². The number of rotatable bonds is 3. The fraction of sp³-hybridized carbons (Fsp3) is 0.167. The number of anilines is 1. The van der Waals surface area contributed by atoms with Gasteiger partial charge in [0, 0.05) is 5.02 Å². The van der Waals surface area contributed by atoms with Gasteiger partial charge in [0.2, 0.25) is 0 Å². The van der Waals surface area contributed by atoms with Crippen molar-refractivity contribution in [1.82, 2.24) is 0 Å². The summed E-state index contributed by atoms with van der Waals surface area (Å²) in [6.45, 7) is 3.48. The Morgan fingerprint density at radius 2 is 1.62 bits per heavy atom. The van der Waals surface area contributed by atoms with Crippen molar-refractivity contribution in [2.45, 2.75) is 20.0 Å². The van der Waals surface area contributed by atoms with Crippen molar-refractivity contribution in [1.29, 1.82) is 0 Å². The Morgan fingerprint density at radius 3 is 2.25 bits per heavy atom. The van der Waals surface area contributed by atoms with Gasteiger partial charge in [0.15, 0.2) is 0 Å². The first kappa shape index (κ1) is 16.2. The maximum Gasteiger partial charge on any atom is 0.338 e. The number of nitrogens with zero attached hydrogens (tertiary/aromatic N) is 1. The Balaban J connectivity index is 1.97. The lowest BCUT2D eigenvalue weighted by Crippen LogP contribution is -2.29. The van der Waals surface area contributed by atoms with Gasteiger partial charge in [-0.1, -0.05) is 11.6 Å². The van der Waals surface area contributed by atoms with Crippen LogP contribution in [-0.2, 0) is 4.74 Å². The highest BCUT2D eigenvalue weighted by Gasteiger charge is 2.37. The Kier molecular flexibility index (Phi) is 4.11. The number of ether oxygens (including phenoxy) is 1. The molecule has 2 aromatic carbocycles. The molecule has 1 aliphatic rings. The number of carbonyl (C=O) groups is 3. The van der Waals surface area contributed by atoms with Gasteiger partial charge in [0.25, 0.3) is 11.8 Å². The minimum Gasteiger partial charge on any atom is -0.459 e. The van der Waals surface area contributed by atoms with Crippen molar-refractivity contribution >= 4 is 35.1 Å². The molecule has 0 unspecified atom stereocenters. The summed E-state index contributed by atoms with van der Waals surface area (Å²) in [5.41, 5.74) is 1.11. The third-order valence-corrected chi connectivity index (χ3v) is 3.80. The van der Waals surface area contributed by atoms with Gasteiger partial charge in [-0.2, -0.15) is 0 Å². The lowest BCUT2D eigenvalue weighted by molar-refractivity contribution is 0.0377. The van der Waals surface area contributed by atoms with E-state index in [0.29, 0.717) is 10.7 Å². The van der Waals surface area contributed by atoms with Crippen molar-refractivity contribution in [2.75, 3.05) is 4.90 Å². The first-order valence-electron chi connectivity index (χ1n) is 7.38. The standard InChI is InChI=1S/C18H14ClNO4/c1-10(2)24-18(23)11-3-8-14-15(9-11)17(22)20(16(14)21)13-6-4-12(19)5-7-13/h3-10H,1-2H3. The topological polar surface area (TPSA) is 63.7 Å².